The third-order valence-corrected chi connectivity index (χ3v) is 2.27. The Morgan fingerprint density at radius 1 is 1.67 bits per heavy atom. The van der Waals surface area contributed by atoms with Crippen molar-refractivity contribution < 1.29 is 14.8 Å². The van der Waals surface area contributed by atoms with E-state index in [1.807, 2.05) is 0 Å². The minimum atomic E-state index is -1.15. The van der Waals surface area contributed by atoms with E-state index in [-0.39, 0.29) is 23.0 Å². The molecular formula is C12H12N2O4. The number of hydrogen-bond donors (Lipinski definition) is 2. The minimum absolute atomic E-state index is 0.0236. The van der Waals surface area contributed by atoms with Crippen molar-refractivity contribution >= 4 is 17.3 Å². The highest BCUT2D eigenvalue weighted by Crippen LogP contribution is 2.23. The van der Waals surface area contributed by atoms with Gasteiger partial charge in [0.15, 0.2) is 0 Å². The molecule has 1 rings (SSSR count). The van der Waals surface area contributed by atoms with Gasteiger partial charge < -0.3 is 10.4 Å². The summed E-state index contributed by atoms with van der Waals surface area (Å²) in [4.78, 5) is 21.1. The van der Waals surface area contributed by atoms with Crippen LogP contribution in [0.3, 0.4) is 0 Å². The normalized spacial score (nSPS) is 11.3. The van der Waals surface area contributed by atoms with Crippen molar-refractivity contribution in [2.75, 3.05) is 5.32 Å². The first-order chi connectivity index (χ1) is 8.45. The maximum Gasteiger partial charge on any atom is 0.337 e. The number of carboxylic acids is 1. The number of non-ortho nitro benzene ring substituents is 1. The number of nitrogens with zero attached hydrogens (tertiary/aromatic N) is 1. The second-order valence-corrected chi connectivity index (χ2v) is 3.75. The van der Waals surface area contributed by atoms with Crippen molar-refractivity contribution in [3.8, 4) is 12.3 Å². The number of anilines is 1. The van der Waals surface area contributed by atoms with E-state index in [0.717, 1.165) is 6.07 Å². The second kappa shape index (κ2) is 5.68. The molecule has 1 atom stereocenters. The summed E-state index contributed by atoms with van der Waals surface area (Å²) in [5, 5.41) is 22.5. The zero-order valence-corrected chi connectivity index (χ0v) is 9.71. The van der Waals surface area contributed by atoms with Crippen LogP contribution in [0.2, 0.25) is 0 Å². The molecular weight excluding hydrogens is 236 g/mol. The Morgan fingerprint density at radius 2 is 2.33 bits per heavy atom. The summed E-state index contributed by atoms with van der Waals surface area (Å²) in [6.07, 6.45) is 5.54. The first kappa shape index (κ1) is 13.5. The Balaban J connectivity index is 3.12. The molecule has 0 aromatic heterocycles. The average Bonchev–Trinajstić information content (AvgIpc) is 2.28. The monoisotopic (exact) mass is 248 g/mol. The zero-order valence-electron chi connectivity index (χ0n) is 9.71. The van der Waals surface area contributed by atoms with E-state index in [2.05, 4.69) is 11.2 Å². The van der Waals surface area contributed by atoms with E-state index in [1.165, 1.54) is 12.1 Å². The van der Waals surface area contributed by atoms with Gasteiger partial charge in [0, 0.05) is 24.6 Å². The molecule has 0 aliphatic carbocycles. The predicted octanol–water partition coefficient (Wildman–Crippen LogP) is 2.12. The number of rotatable bonds is 5. The fourth-order valence-electron chi connectivity index (χ4n) is 1.44. The lowest BCUT2D eigenvalue weighted by Gasteiger charge is -2.14. The number of benzene rings is 1. The first-order valence-corrected chi connectivity index (χ1v) is 5.17. The van der Waals surface area contributed by atoms with Crippen LogP contribution in [-0.2, 0) is 0 Å². The van der Waals surface area contributed by atoms with Crippen LogP contribution in [-0.4, -0.2) is 22.0 Å². The van der Waals surface area contributed by atoms with Crippen LogP contribution < -0.4 is 5.32 Å². The zero-order chi connectivity index (χ0) is 13.7. The summed E-state index contributed by atoms with van der Waals surface area (Å²) in [5.41, 5.74) is -0.000621. The number of aromatic carboxylic acids is 1. The Kier molecular flexibility index (Phi) is 4.27. The van der Waals surface area contributed by atoms with E-state index < -0.39 is 10.9 Å². The van der Waals surface area contributed by atoms with E-state index in [1.54, 1.807) is 6.92 Å². The largest absolute Gasteiger partial charge is 0.478 e. The van der Waals surface area contributed by atoms with Gasteiger partial charge in [-0.15, -0.1) is 12.3 Å². The van der Waals surface area contributed by atoms with Gasteiger partial charge in [0.1, 0.15) is 0 Å². The van der Waals surface area contributed by atoms with E-state index >= 15 is 0 Å². The van der Waals surface area contributed by atoms with Crippen molar-refractivity contribution in [2.24, 2.45) is 0 Å². The summed E-state index contributed by atoms with van der Waals surface area (Å²) in [6.45, 7) is 1.77. The van der Waals surface area contributed by atoms with Gasteiger partial charge in [0.2, 0.25) is 0 Å². The molecule has 94 valence electrons. The highest BCUT2D eigenvalue weighted by Gasteiger charge is 2.16. The standard InChI is InChI=1S/C12H12N2O4/c1-3-4-8(2)13-11-7-9(14(17)18)5-6-10(11)12(15)16/h1,5-8,13H,4H2,2H3,(H,15,16). The van der Waals surface area contributed by atoms with Gasteiger partial charge in [-0.1, -0.05) is 0 Å². The van der Waals surface area contributed by atoms with Crippen LogP contribution in [0, 0.1) is 22.5 Å². The Hall–Kier alpha value is -2.55. The van der Waals surface area contributed by atoms with Gasteiger partial charge in [-0.25, -0.2) is 4.79 Å². The quantitative estimate of drug-likeness (QED) is 0.473. The molecule has 0 fully saturated rings. The molecule has 6 heteroatoms. The van der Waals surface area contributed by atoms with Crippen molar-refractivity contribution in [3.63, 3.8) is 0 Å². The molecule has 1 unspecified atom stereocenters. The molecule has 1 aromatic carbocycles. The number of nitro groups is 1. The Bertz CT molecular complexity index is 519. The van der Waals surface area contributed by atoms with Gasteiger partial charge in [-0.2, -0.15) is 0 Å². The summed E-state index contributed by atoms with van der Waals surface area (Å²) >= 11 is 0. The number of terminal acetylenes is 1. The lowest BCUT2D eigenvalue weighted by molar-refractivity contribution is -0.384. The highest BCUT2D eigenvalue weighted by atomic mass is 16.6. The number of nitrogens with one attached hydrogen (secondary N) is 1. The van der Waals surface area contributed by atoms with Crippen molar-refractivity contribution in [1.29, 1.82) is 0 Å². The molecule has 0 saturated carbocycles. The van der Waals surface area contributed by atoms with Crippen LogP contribution in [0.5, 0.6) is 0 Å². The van der Waals surface area contributed by atoms with Crippen molar-refractivity contribution in [2.45, 2.75) is 19.4 Å². The summed E-state index contributed by atoms with van der Waals surface area (Å²) < 4.78 is 0. The number of carbonyl (C=O) groups is 1. The van der Waals surface area contributed by atoms with Crippen LogP contribution >= 0.6 is 0 Å². The smallest absolute Gasteiger partial charge is 0.337 e. The number of hydrogen-bond acceptors (Lipinski definition) is 4. The fourth-order valence-corrected chi connectivity index (χ4v) is 1.44. The highest BCUT2D eigenvalue weighted by molar-refractivity contribution is 5.94. The lowest BCUT2D eigenvalue weighted by Crippen LogP contribution is -2.16. The number of carboxylic acid groups (broad SMARTS) is 1. The molecule has 0 aliphatic heterocycles. The predicted molar refractivity (Wildman–Crippen MR) is 66.6 cm³/mol. The molecule has 0 spiro atoms. The summed E-state index contributed by atoms with van der Waals surface area (Å²) in [7, 11) is 0. The third-order valence-electron chi connectivity index (χ3n) is 2.27. The van der Waals surface area contributed by atoms with Gasteiger partial charge in [0.25, 0.3) is 5.69 Å². The average molecular weight is 248 g/mol. The van der Waals surface area contributed by atoms with E-state index in [9.17, 15) is 14.9 Å². The topological polar surface area (TPSA) is 92.5 Å². The Morgan fingerprint density at radius 3 is 2.83 bits per heavy atom. The molecule has 0 saturated heterocycles. The SMILES string of the molecule is C#CCC(C)Nc1cc([N+](=O)[O-])ccc1C(=O)O. The maximum atomic E-state index is 11.0. The summed E-state index contributed by atoms with van der Waals surface area (Å²) in [6, 6.07) is 3.37. The van der Waals surface area contributed by atoms with Crippen LogP contribution in [0.15, 0.2) is 18.2 Å². The number of nitro benzene ring substituents is 1. The first-order valence-electron chi connectivity index (χ1n) is 5.17. The molecule has 18 heavy (non-hydrogen) atoms. The minimum Gasteiger partial charge on any atom is -0.478 e. The molecule has 0 heterocycles. The molecule has 0 aliphatic rings. The van der Waals surface area contributed by atoms with Crippen LogP contribution in [0.4, 0.5) is 11.4 Å². The third kappa shape index (κ3) is 3.22. The van der Waals surface area contributed by atoms with Crippen LogP contribution in [0.25, 0.3) is 0 Å². The lowest BCUT2D eigenvalue weighted by atomic mass is 10.1. The van der Waals surface area contributed by atoms with Gasteiger partial charge >= 0.3 is 5.97 Å². The molecule has 0 radical (unpaired) electrons. The van der Waals surface area contributed by atoms with Crippen molar-refractivity contribution in [1.82, 2.24) is 0 Å². The van der Waals surface area contributed by atoms with Crippen molar-refractivity contribution in [3.05, 3.63) is 33.9 Å². The Labute approximate surface area is 104 Å². The van der Waals surface area contributed by atoms with Gasteiger partial charge in [-0.3, -0.25) is 10.1 Å². The van der Waals surface area contributed by atoms with E-state index in [0.29, 0.717) is 6.42 Å². The second-order valence-electron chi connectivity index (χ2n) is 3.75. The molecule has 2 N–H and O–H groups in total. The molecule has 6 nitrogen and oxygen atoms in total. The van der Waals surface area contributed by atoms with E-state index in [4.69, 9.17) is 11.5 Å². The fraction of sp³-hybridized carbons (Fsp3) is 0.250. The van der Waals surface area contributed by atoms with Gasteiger partial charge in [-0.05, 0) is 13.0 Å². The van der Waals surface area contributed by atoms with Gasteiger partial charge in [0.05, 0.1) is 16.2 Å². The molecule has 0 amide bonds. The molecule has 1 aromatic rings. The summed E-state index contributed by atoms with van der Waals surface area (Å²) in [5.74, 6) is 1.28. The maximum absolute atomic E-state index is 11.0. The van der Waals surface area contributed by atoms with Crippen LogP contribution in [0.1, 0.15) is 23.7 Å². The molecule has 0 bridgehead atoms.